The molecule has 130 valence electrons. The third-order valence-electron chi connectivity index (χ3n) is 5.85. The first-order valence-corrected chi connectivity index (χ1v) is 9.34. The Hall–Kier alpha value is -1.90. The Bertz CT molecular complexity index is 795. The van der Waals surface area contributed by atoms with Crippen LogP contribution in [-0.4, -0.2) is 30.7 Å². The van der Waals surface area contributed by atoms with Gasteiger partial charge in [-0.1, -0.05) is 55.5 Å². The highest BCUT2D eigenvalue weighted by molar-refractivity contribution is 5.72. The van der Waals surface area contributed by atoms with Crippen molar-refractivity contribution in [3.8, 4) is 0 Å². The van der Waals surface area contributed by atoms with E-state index in [1.165, 1.54) is 27.8 Å². The molecule has 4 rings (SSSR count). The fourth-order valence-corrected chi connectivity index (χ4v) is 4.44. The Kier molecular flexibility index (Phi) is 4.26. The van der Waals surface area contributed by atoms with Crippen LogP contribution in [0.5, 0.6) is 0 Å². The SMILES string of the molecule is CCc1ccc(C)c(C2=C[C@@]3(CCN(C)C3c3ccccc3)OC2)c1. The average molecular weight is 333 g/mol. The minimum absolute atomic E-state index is 0.194. The molecule has 2 aliphatic rings. The smallest absolute Gasteiger partial charge is 0.108 e. The van der Waals surface area contributed by atoms with Gasteiger partial charge in [0.2, 0.25) is 0 Å². The van der Waals surface area contributed by atoms with Gasteiger partial charge < -0.3 is 4.74 Å². The van der Waals surface area contributed by atoms with Crippen LogP contribution in [0.15, 0.2) is 54.6 Å². The van der Waals surface area contributed by atoms with E-state index in [0.29, 0.717) is 12.6 Å². The first-order valence-electron chi connectivity index (χ1n) is 9.34. The summed E-state index contributed by atoms with van der Waals surface area (Å²) in [4.78, 5) is 2.43. The Morgan fingerprint density at radius 3 is 2.72 bits per heavy atom. The number of likely N-dealkylation sites (tertiary alicyclic amines) is 1. The lowest BCUT2D eigenvalue weighted by Crippen LogP contribution is -2.34. The van der Waals surface area contributed by atoms with Crippen LogP contribution in [0.1, 0.15) is 41.6 Å². The molecule has 2 heteroatoms. The van der Waals surface area contributed by atoms with Gasteiger partial charge in [0.1, 0.15) is 5.60 Å². The highest BCUT2D eigenvalue weighted by Gasteiger charge is 2.49. The second-order valence-electron chi connectivity index (χ2n) is 7.46. The van der Waals surface area contributed by atoms with E-state index in [4.69, 9.17) is 4.74 Å². The summed E-state index contributed by atoms with van der Waals surface area (Å²) in [6, 6.07) is 17.9. The van der Waals surface area contributed by atoms with Crippen molar-refractivity contribution in [2.45, 2.75) is 38.3 Å². The van der Waals surface area contributed by atoms with Crippen molar-refractivity contribution in [3.05, 3.63) is 76.9 Å². The molecular formula is C23H27NO. The summed E-state index contributed by atoms with van der Waals surface area (Å²) in [6.45, 7) is 6.20. The number of hydrogen-bond donors (Lipinski definition) is 0. The Morgan fingerprint density at radius 2 is 1.96 bits per heavy atom. The molecule has 25 heavy (non-hydrogen) atoms. The number of hydrogen-bond acceptors (Lipinski definition) is 2. The van der Waals surface area contributed by atoms with Crippen LogP contribution in [0.2, 0.25) is 0 Å². The molecule has 0 radical (unpaired) electrons. The molecule has 0 N–H and O–H groups in total. The largest absolute Gasteiger partial charge is 0.364 e. The third-order valence-corrected chi connectivity index (χ3v) is 5.85. The van der Waals surface area contributed by atoms with E-state index in [9.17, 15) is 0 Å². The molecular weight excluding hydrogens is 306 g/mol. The van der Waals surface area contributed by atoms with Crippen LogP contribution in [0.3, 0.4) is 0 Å². The van der Waals surface area contributed by atoms with Crippen LogP contribution in [0.4, 0.5) is 0 Å². The van der Waals surface area contributed by atoms with Crippen molar-refractivity contribution < 1.29 is 4.74 Å². The normalized spacial score (nSPS) is 26.4. The van der Waals surface area contributed by atoms with Crippen molar-refractivity contribution in [1.29, 1.82) is 0 Å². The zero-order chi connectivity index (χ0) is 17.4. The van der Waals surface area contributed by atoms with E-state index in [1.54, 1.807) is 0 Å². The molecule has 2 aliphatic heterocycles. The van der Waals surface area contributed by atoms with E-state index < -0.39 is 0 Å². The summed E-state index contributed by atoms with van der Waals surface area (Å²) in [7, 11) is 2.21. The second kappa shape index (κ2) is 6.44. The van der Waals surface area contributed by atoms with Gasteiger partial charge in [-0.25, -0.2) is 0 Å². The molecule has 2 atom stereocenters. The fourth-order valence-electron chi connectivity index (χ4n) is 4.44. The Morgan fingerprint density at radius 1 is 1.16 bits per heavy atom. The van der Waals surface area contributed by atoms with Crippen LogP contribution in [-0.2, 0) is 11.2 Å². The van der Waals surface area contributed by atoms with Gasteiger partial charge in [-0.05, 0) is 60.7 Å². The maximum atomic E-state index is 6.50. The molecule has 2 heterocycles. The lowest BCUT2D eigenvalue weighted by atomic mass is 9.87. The lowest BCUT2D eigenvalue weighted by molar-refractivity contribution is 0.00109. The maximum absolute atomic E-state index is 6.50. The van der Waals surface area contributed by atoms with Gasteiger partial charge in [0.05, 0.1) is 12.6 Å². The van der Waals surface area contributed by atoms with Crippen molar-refractivity contribution >= 4 is 5.57 Å². The van der Waals surface area contributed by atoms with E-state index in [1.807, 2.05) is 0 Å². The molecule has 1 spiro atoms. The van der Waals surface area contributed by atoms with Gasteiger partial charge >= 0.3 is 0 Å². The van der Waals surface area contributed by atoms with Crippen molar-refractivity contribution in [2.75, 3.05) is 20.2 Å². The van der Waals surface area contributed by atoms with Crippen LogP contribution < -0.4 is 0 Å². The molecule has 1 saturated heterocycles. The quantitative estimate of drug-likeness (QED) is 0.801. The monoisotopic (exact) mass is 333 g/mol. The predicted molar refractivity (Wildman–Crippen MR) is 104 cm³/mol. The van der Waals surface area contributed by atoms with Crippen LogP contribution in [0, 0.1) is 6.92 Å². The third kappa shape index (κ3) is 2.84. The van der Waals surface area contributed by atoms with Gasteiger partial charge in [0.15, 0.2) is 0 Å². The van der Waals surface area contributed by atoms with Crippen LogP contribution >= 0.6 is 0 Å². The first kappa shape index (κ1) is 16.6. The molecule has 1 unspecified atom stereocenters. The number of aryl methyl sites for hydroxylation is 2. The van der Waals surface area contributed by atoms with Gasteiger partial charge in [-0.15, -0.1) is 0 Å². The Balaban J connectivity index is 1.74. The second-order valence-corrected chi connectivity index (χ2v) is 7.46. The summed E-state index contributed by atoms with van der Waals surface area (Å²) in [5.41, 5.74) is 6.60. The summed E-state index contributed by atoms with van der Waals surface area (Å²) in [5, 5.41) is 0. The number of likely N-dealkylation sites (N-methyl/N-ethyl adjacent to an activating group) is 1. The fraction of sp³-hybridized carbons (Fsp3) is 0.391. The zero-order valence-electron chi connectivity index (χ0n) is 15.5. The average Bonchev–Trinajstić information content (AvgIpc) is 3.20. The zero-order valence-corrected chi connectivity index (χ0v) is 15.5. The first-order chi connectivity index (χ1) is 12.1. The molecule has 2 aromatic carbocycles. The predicted octanol–water partition coefficient (Wildman–Crippen LogP) is 4.79. The number of nitrogens with zero attached hydrogens (tertiary/aromatic N) is 1. The highest BCUT2D eigenvalue weighted by Crippen LogP contribution is 2.48. The molecule has 0 amide bonds. The van der Waals surface area contributed by atoms with Crippen molar-refractivity contribution in [3.63, 3.8) is 0 Å². The van der Waals surface area contributed by atoms with Gasteiger partial charge in [0.25, 0.3) is 0 Å². The molecule has 0 aliphatic carbocycles. The summed E-state index contributed by atoms with van der Waals surface area (Å²) in [6.07, 6.45) is 4.55. The van der Waals surface area contributed by atoms with E-state index in [-0.39, 0.29) is 5.60 Å². The molecule has 0 bridgehead atoms. The molecule has 0 aromatic heterocycles. The minimum Gasteiger partial charge on any atom is -0.364 e. The maximum Gasteiger partial charge on any atom is 0.108 e. The van der Waals surface area contributed by atoms with Gasteiger partial charge in [0, 0.05) is 6.54 Å². The highest BCUT2D eigenvalue weighted by atomic mass is 16.5. The van der Waals surface area contributed by atoms with E-state index in [0.717, 1.165) is 19.4 Å². The topological polar surface area (TPSA) is 12.5 Å². The van der Waals surface area contributed by atoms with Gasteiger partial charge in [-0.2, -0.15) is 0 Å². The lowest BCUT2D eigenvalue weighted by Gasteiger charge is -2.32. The molecule has 0 saturated carbocycles. The number of benzene rings is 2. The van der Waals surface area contributed by atoms with E-state index in [2.05, 4.69) is 80.4 Å². The minimum atomic E-state index is -0.194. The molecule has 2 nitrogen and oxygen atoms in total. The summed E-state index contributed by atoms with van der Waals surface area (Å²) >= 11 is 0. The number of ether oxygens (including phenoxy) is 1. The van der Waals surface area contributed by atoms with Crippen LogP contribution in [0.25, 0.3) is 5.57 Å². The van der Waals surface area contributed by atoms with Gasteiger partial charge in [-0.3, -0.25) is 4.90 Å². The molecule has 1 fully saturated rings. The van der Waals surface area contributed by atoms with Crippen molar-refractivity contribution in [1.82, 2.24) is 4.90 Å². The number of rotatable bonds is 3. The standard InChI is InChI=1S/C23H27NO/c1-4-18-11-10-17(2)21(14-18)20-15-23(25-16-20)12-13-24(3)22(23)19-8-6-5-7-9-19/h5-11,14-15,22H,4,12-13,16H2,1-3H3/t22?,23-/m1/s1. The van der Waals surface area contributed by atoms with E-state index >= 15 is 0 Å². The summed E-state index contributed by atoms with van der Waals surface area (Å²) < 4.78 is 6.50. The van der Waals surface area contributed by atoms with Crippen molar-refractivity contribution in [2.24, 2.45) is 0 Å². The summed E-state index contributed by atoms with van der Waals surface area (Å²) in [5.74, 6) is 0. The molecule has 2 aromatic rings. The Labute approximate surface area is 151 Å².